The number of hydrogen-bond acceptors (Lipinski definition) is 7. The molecule has 0 saturated carbocycles. The molecule has 0 spiro atoms. The van der Waals surface area contributed by atoms with Gasteiger partial charge in [-0.2, -0.15) is 0 Å². The van der Waals surface area contributed by atoms with Crippen molar-refractivity contribution in [1.82, 2.24) is 0 Å². The molecule has 0 amide bonds. The van der Waals surface area contributed by atoms with Crippen LogP contribution in [0.2, 0.25) is 0 Å². The number of rotatable bonds is 8. The second kappa shape index (κ2) is 10.0. The first kappa shape index (κ1) is 22.8. The molecule has 170 valence electrons. The first-order chi connectivity index (χ1) is 16.4. The number of ether oxygens (including phenoxy) is 2. The van der Waals surface area contributed by atoms with Crippen molar-refractivity contribution in [3.05, 3.63) is 117 Å². The molecular weight excluding hydrogens is 460 g/mol. The van der Waals surface area contributed by atoms with Crippen molar-refractivity contribution in [1.29, 1.82) is 0 Å². The van der Waals surface area contributed by atoms with Crippen LogP contribution in [-0.2, 0) is 11.2 Å². The summed E-state index contributed by atoms with van der Waals surface area (Å²) < 4.78 is 24.2. The minimum atomic E-state index is -1.47. The van der Waals surface area contributed by atoms with Crippen molar-refractivity contribution >= 4 is 22.6 Å². The fourth-order valence-electron chi connectivity index (χ4n) is 2.99. The quantitative estimate of drug-likeness (QED) is 0.167. The number of nitro groups is 2. The molecule has 0 heterocycles. The molecule has 4 aromatic carbocycles. The lowest BCUT2D eigenvalue weighted by Crippen LogP contribution is -2.02. The molecule has 4 aromatic rings. The van der Waals surface area contributed by atoms with Gasteiger partial charge in [-0.25, -0.2) is 0 Å². The van der Waals surface area contributed by atoms with E-state index in [0.717, 1.165) is 0 Å². The summed E-state index contributed by atoms with van der Waals surface area (Å²) in [7, 11) is 0. The molecule has 0 fully saturated rings. The highest BCUT2D eigenvalue weighted by Gasteiger charge is 2.16. The van der Waals surface area contributed by atoms with E-state index in [-0.39, 0.29) is 11.4 Å². The Morgan fingerprint density at radius 3 is 1.29 bits per heavy atom. The van der Waals surface area contributed by atoms with Crippen LogP contribution in [0.5, 0.6) is 23.0 Å². The van der Waals surface area contributed by atoms with Crippen LogP contribution < -0.4 is 9.47 Å². The third-order valence-corrected chi connectivity index (χ3v) is 6.00. The lowest BCUT2D eigenvalue weighted by Gasteiger charge is -2.12. The minimum Gasteiger partial charge on any atom is -0.606 e. The summed E-state index contributed by atoms with van der Waals surface area (Å²) in [6, 6.07) is 24.8. The van der Waals surface area contributed by atoms with Gasteiger partial charge in [-0.1, -0.05) is 12.1 Å². The van der Waals surface area contributed by atoms with Crippen molar-refractivity contribution in [2.24, 2.45) is 0 Å². The van der Waals surface area contributed by atoms with Crippen LogP contribution in [-0.4, -0.2) is 14.4 Å². The van der Waals surface area contributed by atoms with E-state index in [1.165, 1.54) is 36.4 Å². The Kier molecular flexibility index (Phi) is 6.72. The highest BCUT2D eigenvalue weighted by molar-refractivity contribution is 7.91. The molecule has 0 unspecified atom stereocenters. The number of hydrogen-bond donors (Lipinski definition) is 0. The van der Waals surface area contributed by atoms with Crippen molar-refractivity contribution in [2.75, 3.05) is 0 Å². The van der Waals surface area contributed by atoms with Crippen molar-refractivity contribution in [3.8, 4) is 23.0 Å². The standard InChI is InChI=1S/C24H16N2O7S/c27-25(28)17-3-1-5-21(15-17)32-19-7-11-23(12-8-19)34(31)24-13-9-20(10-14-24)33-22-6-2-4-18(16-22)26(29)30/h1-16H. The second-order valence-corrected chi connectivity index (χ2v) is 8.40. The third-order valence-electron chi connectivity index (χ3n) is 4.60. The van der Waals surface area contributed by atoms with Gasteiger partial charge in [0.25, 0.3) is 11.4 Å². The molecule has 0 aliphatic heterocycles. The molecule has 0 N–H and O–H groups in total. The molecule has 0 saturated heterocycles. The van der Waals surface area contributed by atoms with Gasteiger partial charge in [-0.3, -0.25) is 20.2 Å². The van der Waals surface area contributed by atoms with E-state index in [1.54, 1.807) is 60.7 Å². The molecule has 0 atom stereocenters. The van der Waals surface area contributed by atoms with Gasteiger partial charge in [0.1, 0.15) is 23.0 Å². The van der Waals surface area contributed by atoms with Gasteiger partial charge in [-0.15, -0.1) is 0 Å². The summed E-state index contributed by atoms with van der Waals surface area (Å²) >= 11 is -1.47. The fourth-order valence-corrected chi connectivity index (χ4v) is 4.03. The van der Waals surface area contributed by atoms with Crippen LogP contribution >= 0.6 is 0 Å². The second-order valence-electron chi connectivity index (χ2n) is 6.92. The average molecular weight is 476 g/mol. The van der Waals surface area contributed by atoms with Gasteiger partial charge in [0.2, 0.25) is 0 Å². The zero-order valence-electron chi connectivity index (χ0n) is 17.4. The van der Waals surface area contributed by atoms with Crippen molar-refractivity contribution in [2.45, 2.75) is 9.79 Å². The molecule has 10 heteroatoms. The molecule has 0 aliphatic carbocycles. The van der Waals surface area contributed by atoms with Crippen LogP contribution in [0.25, 0.3) is 0 Å². The Hall–Kier alpha value is -4.41. The molecule has 0 aliphatic rings. The van der Waals surface area contributed by atoms with Crippen LogP contribution in [0.4, 0.5) is 11.4 Å². The zero-order chi connectivity index (χ0) is 24.1. The summed E-state index contributed by atoms with van der Waals surface area (Å²) in [6.07, 6.45) is 0. The maximum atomic E-state index is 12.9. The molecule has 34 heavy (non-hydrogen) atoms. The van der Waals surface area contributed by atoms with E-state index in [1.807, 2.05) is 0 Å². The smallest absolute Gasteiger partial charge is 0.273 e. The number of nitro benzene ring substituents is 2. The van der Waals surface area contributed by atoms with Gasteiger partial charge < -0.3 is 14.0 Å². The third kappa shape index (κ3) is 5.49. The fraction of sp³-hybridized carbons (Fsp3) is 0. The van der Waals surface area contributed by atoms with Gasteiger partial charge in [-0.05, 0) is 60.7 Å². The number of non-ortho nitro benzene ring substituents is 2. The maximum Gasteiger partial charge on any atom is 0.273 e. The monoisotopic (exact) mass is 476 g/mol. The lowest BCUT2D eigenvalue weighted by atomic mass is 10.3. The maximum absolute atomic E-state index is 12.9. The van der Waals surface area contributed by atoms with E-state index in [2.05, 4.69) is 0 Å². The number of benzene rings is 4. The van der Waals surface area contributed by atoms with Gasteiger partial charge in [0, 0.05) is 23.3 Å². The molecular formula is C24H16N2O7S. The zero-order valence-corrected chi connectivity index (χ0v) is 18.2. The lowest BCUT2D eigenvalue weighted by molar-refractivity contribution is -0.385. The molecule has 0 aromatic heterocycles. The normalized spacial score (nSPS) is 10.6. The summed E-state index contributed by atoms with van der Waals surface area (Å²) in [5.41, 5.74) is -0.152. The van der Waals surface area contributed by atoms with E-state index in [4.69, 9.17) is 9.47 Å². The Bertz CT molecular complexity index is 1220. The van der Waals surface area contributed by atoms with Crippen LogP contribution in [0.1, 0.15) is 0 Å². The van der Waals surface area contributed by atoms with Gasteiger partial charge in [0.15, 0.2) is 9.79 Å². The SMILES string of the molecule is O=[N+]([O-])c1cccc(Oc2ccc([S+]([O-])c3ccc(Oc4cccc([N+](=O)[O-])c4)cc3)cc2)c1. The topological polar surface area (TPSA) is 128 Å². The molecule has 0 radical (unpaired) electrons. The van der Waals surface area contributed by atoms with Crippen molar-refractivity contribution < 1.29 is 23.9 Å². The van der Waals surface area contributed by atoms with Crippen LogP contribution in [0.15, 0.2) is 107 Å². The Morgan fingerprint density at radius 2 is 0.941 bits per heavy atom. The highest BCUT2D eigenvalue weighted by Crippen LogP contribution is 2.30. The largest absolute Gasteiger partial charge is 0.606 e. The molecule has 9 nitrogen and oxygen atoms in total. The number of nitrogens with zero attached hydrogens (tertiary/aromatic N) is 2. The predicted octanol–water partition coefficient (Wildman–Crippen LogP) is 6.25. The highest BCUT2D eigenvalue weighted by atomic mass is 32.2. The minimum absolute atomic E-state index is 0.0758. The Balaban J connectivity index is 1.42. The van der Waals surface area contributed by atoms with Gasteiger partial charge >= 0.3 is 0 Å². The van der Waals surface area contributed by atoms with E-state index >= 15 is 0 Å². The predicted molar refractivity (Wildman–Crippen MR) is 124 cm³/mol. The van der Waals surface area contributed by atoms with Crippen molar-refractivity contribution in [3.63, 3.8) is 0 Å². The van der Waals surface area contributed by atoms with Crippen LogP contribution in [0.3, 0.4) is 0 Å². The molecule has 0 bridgehead atoms. The Morgan fingerprint density at radius 1 is 0.559 bits per heavy atom. The van der Waals surface area contributed by atoms with Gasteiger partial charge in [0.05, 0.1) is 22.0 Å². The molecule has 4 rings (SSSR count). The summed E-state index contributed by atoms with van der Waals surface area (Å²) in [5, 5.41) is 21.8. The average Bonchev–Trinajstić information content (AvgIpc) is 2.85. The van der Waals surface area contributed by atoms with E-state index in [0.29, 0.717) is 32.8 Å². The summed E-state index contributed by atoms with van der Waals surface area (Å²) in [6.45, 7) is 0. The Labute approximate surface area is 196 Å². The summed E-state index contributed by atoms with van der Waals surface area (Å²) in [5.74, 6) is 1.54. The van der Waals surface area contributed by atoms with Crippen LogP contribution in [0, 0.1) is 20.2 Å². The van der Waals surface area contributed by atoms with E-state index < -0.39 is 21.0 Å². The first-order valence-electron chi connectivity index (χ1n) is 9.85. The summed E-state index contributed by atoms with van der Waals surface area (Å²) in [4.78, 5) is 21.9. The van der Waals surface area contributed by atoms with E-state index in [9.17, 15) is 24.8 Å². The first-order valence-corrected chi connectivity index (χ1v) is 11.0.